The van der Waals surface area contributed by atoms with Crippen LogP contribution in [0.25, 0.3) is 0 Å². The number of hydrogen-bond donors (Lipinski definition) is 2. The molecule has 0 unspecified atom stereocenters. The Kier molecular flexibility index (Phi) is 5.50. The molecule has 0 aromatic carbocycles. The normalized spacial score (nSPS) is 20.0. The Morgan fingerprint density at radius 1 is 1.35 bits per heavy atom. The van der Waals surface area contributed by atoms with E-state index in [-0.39, 0.29) is 11.7 Å². The van der Waals surface area contributed by atoms with Crippen molar-refractivity contribution in [3.63, 3.8) is 0 Å². The summed E-state index contributed by atoms with van der Waals surface area (Å²) in [5.41, 5.74) is 7.38. The van der Waals surface area contributed by atoms with Gasteiger partial charge in [0.05, 0.1) is 0 Å². The average molecular weight is 422 g/mol. The van der Waals surface area contributed by atoms with Crippen LogP contribution >= 0.6 is 15.9 Å². The van der Waals surface area contributed by atoms with E-state index in [4.69, 9.17) is 10.2 Å². The maximum Gasteiger partial charge on any atom is 0.284 e. The topological polar surface area (TPSA) is 97.3 Å². The molecule has 2 aromatic heterocycles. The summed E-state index contributed by atoms with van der Waals surface area (Å²) < 4.78 is 5.96. The number of nitrogens with zero attached hydrogens (tertiary/aromatic N) is 3. The first-order valence-electron chi connectivity index (χ1n) is 8.71. The minimum absolute atomic E-state index is 0.274. The molecule has 0 bridgehead atoms. The summed E-state index contributed by atoms with van der Waals surface area (Å²) in [6.45, 7) is 2.01. The van der Waals surface area contributed by atoms with Gasteiger partial charge in [-0.3, -0.25) is 4.79 Å². The first kappa shape index (κ1) is 18.7. The van der Waals surface area contributed by atoms with E-state index in [9.17, 15) is 4.79 Å². The Hall–Kier alpha value is -2.09. The highest BCUT2D eigenvalue weighted by atomic mass is 79.9. The van der Waals surface area contributed by atoms with E-state index in [0.717, 1.165) is 42.6 Å². The molecule has 1 fully saturated rings. The van der Waals surface area contributed by atoms with E-state index < -0.39 is 5.91 Å². The van der Waals surface area contributed by atoms with Crippen LogP contribution in [-0.4, -0.2) is 36.0 Å². The van der Waals surface area contributed by atoms with Crippen LogP contribution in [0.2, 0.25) is 0 Å². The summed E-state index contributed by atoms with van der Waals surface area (Å²) in [5.74, 6) is 1.63. The van der Waals surface area contributed by atoms with Crippen LogP contribution < -0.4 is 16.0 Å². The highest BCUT2D eigenvalue weighted by Crippen LogP contribution is 2.38. The fraction of sp³-hybridized carbons (Fsp3) is 0.500. The zero-order chi connectivity index (χ0) is 18.8. The summed E-state index contributed by atoms with van der Waals surface area (Å²) in [6, 6.07) is 2.22. The second kappa shape index (κ2) is 7.65. The number of furan rings is 1. The summed E-state index contributed by atoms with van der Waals surface area (Å²) in [5, 5.41) is 3.56. The molecule has 1 aliphatic carbocycles. The number of carbonyl (C=O) groups excluding carboxylic acids is 1. The number of aryl methyl sites for hydroxylation is 1. The van der Waals surface area contributed by atoms with Crippen molar-refractivity contribution in [3.05, 3.63) is 33.8 Å². The summed E-state index contributed by atoms with van der Waals surface area (Å²) >= 11 is 3.30. The number of carbonyl (C=O) groups is 1. The SMILES string of the molecule is Cc1cnc(N(C)C)nc1NC1CCC(c2cc(Br)oc2C(N)=O)CC1. The number of primary amides is 1. The number of anilines is 2. The molecule has 1 aliphatic rings. The van der Waals surface area contributed by atoms with Crippen molar-refractivity contribution < 1.29 is 9.21 Å². The molecule has 7 nitrogen and oxygen atoms in total. The van der Waals surface area contributed by atoms with Gasteiger partial charge in [0.15, 0.2) is 10.4 Å². The lowest BCUT2D eigenvalue weighted by Gasteiger charge is -2.29. The molecule has 0 aliphatic heterocycles. The average Bonchev–Trinajstić information content (AvgIpc) is 2.99. The second-order valence-corrected chi connectivity index (χ2v) is 7.77. The first-order chi connectivity index (χ1) is 12.3. The lowest BCUT2D eigenvalue weighted by molar-refractivity contribution is 0.0970. The molecule has 0 spiro atoms. The van der Waals surface area contributed by atoms with Crippen molar-refractivity contribution in [1.82, 2.24) is 9.97 Å². The Morgan fingerprint density at radius 2 is 2.04 bits per heavy atom. The summed E-state index contributed by atoms with van der Waals surface area (Å²) in [6.07, 6.45) is 5.76. The number of rotatable bonds is 5. The van der Waals surface area contributed by atoms with E-state index in [1.54, 1.807) is 0 Å². The Balaban J connectivity index is 1.66. The fourth-order valence-electron chi connectivity index (χ4n) is 3.41. The molecule has 0 radical (unpaired) electrons. The first-order valence-corrected chi connectivity index (χ1v) is 9.51. The predicted molar refractivity (Wildman–Crippen MR) is 105 cm³/mol. The lowest BCUT2D eigenvalue weighted by Crippen LogP contribution is -2.27. The van der Waals surface area contributed by atoms with Gasteiger partial charge < -0.3 is 20.4 Å². The van der Waals surface area contributed by atoms with Crippen LogP contribution in [0.1, 0.15) is 53.3 Å². The van der Waals surface area contributed by atoms with Gasteiger partial charge in [-0.2, -0.15) is 4.98 Å². The molecule has 2 heterocycles. The number of hydrogen-bond acceptors (Lipinski definition) is 6. The summed E-state index contributed by atoms with van der Waals surface area (Å²) in [4.78, 5) is 22.4. The number of halogens is 1. The highest BCUT2D eigenvalue weighted by Gasteiger charge is 2.28. The number of amides is 1. The molecule has 26 heavy (non-hydrogen) atoms. The van der Waals surface area contributed by atoms with E-state index in [0.29, 0.717) is 16.7 Å². The number of nitrogens with two attached hydrogens (primary N) is 1. The van der Waals surface area contributed by atoms with E-state index in [1.165, 1.54) is 0 Å². The third-order valence-electron chi connectivity index (χ3n) is 4.82. The number of aromatic nitrogens is 2. The Morgan fingerprint density at radius 3 is 2.65 bits per heavy atom. The third kappa shape index (κ3) is 4.00. The molecule has 1 amide bonds. The van der Waals surface area contributed by atoms with Gasteiger partial charge in [0, 0.05) is 37.5 Å². The molecule has 0 atom stereocenters. The van der Waals surface area contributed by atoms with Crippen molar-refractivity contribution in [2.75, 3.05) is 24.3 Å². The van der Waals surface area contributed by atoms with Gasteiger partial charge in [0.1, 0.15) is 5.82 Å². The van der Waals surface area contributed by atoms with Crippen molar-refractivity contribution in [3.8, 4) is 0 Å². The zero-order valence-electron chi connectivity index (χ0n) is 15.3. The van der Waals surface area contributed by atoms with E-state index in [1.807, 2.05) is 38.2 Å². The van der Waals surface area contributed by atoms with Crippen LogP contribution in [0.4, 0.5) is 11.8 Å². The molecule has 2 aromatic rings. The monoisotopic (exact) mass is 421 g/mol. The minimum atomic E-state index is -0.515. The van der Waals surface area contributed by atoms with Crippen LogP contribution in [-0.2, 0) is 0 Å². The molecular weight excluding hydrogens is 398 g/mol. The molecular formula is C18H24BrN5O2. The van der Waals surface area contributed by atoms with Gasteiger partial charge in [-0.15, -0.1) is 0 Å². The maximum absolute atomic E-state index is 11.6. The fourth-order valence-corrected chi connectivity index (χ4v) is 3.81. The second-order valence-electron chi connectivity index (χ2n) is 6.99. The smallest absolute Gasteiger partial charge is 0.284 e. The summed E-state index contributed by atoms with van der Waals surface area (Å²) in [7, 11) is 3.86. The standard InChI is InChI=1S/C18H24BrN5O2/c1-10-9-21-18(24(2)3)23-17(10)22-12-6-4-11(5-7-12)13-8-14(19)26-15(13)16(20)25/h8-9,11-12H,4-7H2,1-3H3,(H2,20,25)(H,21,22,23). The van der Waals surface area contributed by atoms with Crippen molar-refractivity contribution in [2.45, 2.75) is 44.6 Å². The molecule has 1 saturated carbocycles. The van der Waals surface area contributed by atoms with Gasteiger partial charge in [0.2, 0.25) is 5.95 Å². The lowest BCUT2D eigenvalue weighted by atomic mass is 9.81. The van der Waals surface area contributed by atoms with Gasteiger partial charge in [0.25, 0.3) is 5.91 Å². The molecule has 8 heteroatoms. The van der Waals surface area contributed by atoms with Crippen molar-refractivity contribution in [2.24, 2.45) is 5.73 Å². The van der Waals surface area contributed by atoms with E-state index in [2.05, 4.69) is 31.2 Å². The maximum atomic E-state index is 11.6. The highest BCUT2D eigenvalue weighted by molar-refractivity contribution is 9.10. The van der Waals surface area contributed by atoms with Crippen LogP contribution in [0.5, 0.6) is 0 Å². The zero-order valence-corrected chi connectivity index (χ0v) is 16.8. The van der Waals surface area contributed by atoms with Crippen molar-refractivity contribution >= 4 is 33.6 Å². The van der Waals surface area contributed by atoms with Crippen LogP contribution in [0, 0.1) is 6.92 Å². The predicted octanol–water partition coefficient (Wildman–Crippen LogP) is 3.44. The molecule has 3 N–H and O–H groups in total. The van der Waals surface area contributed by atoms with Gasteiger partial charge in [-0.05, 0) is 60.5 Å². The molecule has 3 rings (SSSR count). The van der Waals surface area contributed by atoms with Crippen LogP contribution in [0.3, 0.4) is 0 Å². The molecule has 140 valence electrons. The van der Waals surface area contributed by atoms with Gasteiger partial charge >= 0.3 is 0 Å². The Bertz CT molecular complexity index is 797. The Labute approximate surface area is 161 Å². The van der Waals surface area contributed by atoms with E-state index >= 15 is 0 Å². The largest absolute Gasteiger partial charge is 0.444 e. The van der Waals surface area contributed by atoms with Gasteiger partial charge in [-0.1, -0.05) is 0 Å². The third-order valence-corrected chi connectivity index (χ3v) is 5.21. The van der Waals surface area contributed by atoms with Crippen LogP contribution in [0.15, 0.2) is 21.3 Å². The van der Waals surface area contributed by atoms with Gasteiger partial charge in [-0.25, -0.2) is 4.98 Å². The minimum Gasteiger partial charge on any atom is -0.444 e. The quantitative estimate of drug-likeness (QED) is 0.766. The number of nitrogens with one attached hydrogen (secondary N) is 1. The van der Waals surface area contributed by atoms with Crippen molar-refractivity contribution in [1.29, 1.82) is 0 Å². The molecule has 0 saturated heterocycles.